The van der Waals surface area contributed by atoms with Gasteiger partial charge in [0.15, 0.2) is 0 Å². The molecule has 2 aliphatic rings. The third kappa shape index (κ3) is 3.54. The predicted molar refractivity (Wildman–Crippen MR) is 105 cm³/mol. The van der Waals surface area contributed by atoms with E-state index in [1.807, 2.05) is 13.0 Å². The maximum absolute atomic E-state index is 13.1. The normalized spacial score (nSPS) is 35.8. The van der Waals surface area contributed by atoms with Crippen LogP contribution in [0.5, 0.6) is 5.75 Å². The van der Waals surface area contributed by atoms with Gasteiger partial charge in [0.25, 0.3) is 0 Å². The molecule has 140 valence electrons. The Morgan fingerprint density at radius 1 is 1.16 bits per heavy atom. The van der Waals surface area contributed by atoms with Crippen LogP contribution in [0.15, 0.2) is 23.1 Å². The van der Waals surface area contributed by atoms with E-state index in [1.165, 1.54) is 32.1 Å². The minimum Gasteiger partial charge on any atom is -0.508 e. The van der Waals surface area contributed by atoms with Gasteiger partial charge in [0.1, 0.15) is 5.75 Å². The molecule has 25 heavy (non-hydrogen) atoms. The minimum atomic E-state index is -1.05. The second-order valence-electron chi connectivity index (χ2n) is 9.58. The molecule has 2 aliphatic carbocycles. The maximum Gasteiger partial charge on any atom is 0.117 e. The summed E-state index contributed by atoms with van der Waals surface area (Å²) in [7, 11) is -1.05. The lowest BCUT2D eigenvalue weighted by Gasteiger charge is -2.59. The van der Waals surface area contributed by atoms with E-state index in [2.05, 4.69) is 27.7 Å². The van der Waals surface area contributed by atoms with Gasteiger partial charge in [-0.15, -0.1) is 0 Å². The number of aryl methyl sites for hydroxylation is 1. The van der Waals surface area contributed by atoms with Crippen molar-refractivity contribution in [2.45, 2.75) is 71.6 Å². The zero-order chi connectivity index (χ0) is 18.4. The summed E-state index contributed by atoms with van der Waals surface area (Å²) < 4.78 is 13.1. The molecule has 0 bridgehead atoms. The Balaban J connectivity index is 1.87. The van der Waals surface area contributed by atoms with E-state index in [9.17, 15) is 9.32 Å². The summed E-state index contributed by atoms with van der Waals surface area (Å²) in [5, 5.41) is 9.87. The van der Waals surface area contributed by atoms with Gasteiger partial charge in [0.05, 0.1) is 10.8 Å². The van der Waals surface area contributed by atoms with Gasteiger partial charge in [-0.3, -0.25) is 4.21 Å². The molecule has 1 aromatic rings. The number of aromatic hydroxyl groups is 1. The van der Waals surface area contributed by atoms with Crippen LogP contribution >= 0.6 is 0 Å². The summed E-state index contributed by atoms with van der Waals surface area (Å²) in [6, 6.07) is 5.38. The second-order valence-corrected chi connectivity index (χ2v) is 11.1. The van der Waals surface area contributed by atoms with Crippen LogP contribution in [0.3, 0.4) is 0 Å². The largest absolute Gasteiger partial charge is 0.508 e. The average Bonchev–Trinajstić information content (AvgIpc) is 2.49. The molecule has 0 amide bonds. The zero-order valence-corrected chi connectivity index (χ0v) is 17.3. The van der Waals surface area contributed by atoms with Crippen LogP contribution in [-0.4, -0.2) is 15.1 Å². The summed E-state index contributed by atoms with van der Waals surface area (Å²) in [5.74, 6) is 2.81. The number of hydrogen-bond acceptors (Lipinski definition) is 2. The molecule has 0 spiro atoms. The fraction of sp³-hybridized carbons (Fsp3) is 0.727. The number of hydrogen-bond donors (Lipinski definition) is 1. The third-order valence-electron chi connectivity index (χ3n) is 7.35. The Bertz CT molecular complexity index is 646. The number of benzene rings is 1. The first-order chi connectivity index (χ1) is 11.6. The molecule has 0 aliphatic heterocycles. The van der Waals surface area contributed by atoms with Gasteiger partial charge in [-0.2, -0.15) is 0 Å². The van der Waals surface area contributed by atoms with Crippen molar-refractivity contribution in [2.75, 3.05) is 5.75 Å². The van der Waals surface area contributed by atoms with Crippen LogP contribution < -0.4 is 0 Å². The first-order valence-electron chi connectivity index (χ1n) is 9.82. The Kier molecular flexibility index (Phi) is 5.09. The van der Waals surface area contributed by atoms with Gasteiger partial charge in [-0.25, -0.2) is 0 Å². The Labute approximate surface area is 155 Å². The smallest absolute Gasteiger partial charge is 0.117 e. The zero-order valence-electron chi connectivity index (χ0n) is 16.5. The molecule has 2 saturated carbocycles. The first-order valence-corrected chi connectivity index (χ1v) is 11.1. The molecule has 3 heteroatoms. The standard InChI is InChI=1S/C22H34O2S/c1-15-11-17(23)13-18(12-15)25(24)14-19-16(2)7-8-20-21(3,4)9-6-10-22(19,20)5/h11-13,16,19-20,23H,6-10,14H2,1-5H3. The second kappa shape index (κ2) is 6.72. The van der Waals surface area contributed by atoms with Gasteiger partial charge in [0, 0.05) is 10.6 Å². The number of rotatable bonds is 3. The van der Waals surface area contributed by atoms with Crippen LogP contribution in [0.4, 0.5) is 0 Å². The first kappa shape index (κ1) is 18.9. The summed E-state index contributed by atoms with van der Waals surface area (Å²) in [5.41, 5.74) is 1.66. The highest BCUT2D eigenvalue weighted by Gasteiger charge is 2.53. The molecule has 2 fully saturated rings. The van der Waals surface area contributed by atoms with Gasteiger partial charge >= 0.3 is 0 Å². The van der Waals surface area contributed by atoms with Crippen molar-refractivity contribution < 1.29 is 9.32 Å². The Hall–Kier alpha value is -0.830. The summed E-state index contributed by atoms with van der Waals surface area (Å²) in [4.78, 5) is 0.783. The van der Waals surface area contributed by atoms with E-state index in [-0.39, 0.29) is 5.75 Å². The molecule has 0 heterocycles. The van der Waals surface area contributed by atoms with E-state index in [0.717, 1.165) is 22.1 Å². The van der Waals surface area contributed by atoms with E-state index in [1.54, 1.807) is 12.1 Å². The summed E-state index contributed by atoms with van der Waals surface area (Å²) in [6.45, 7) is 11.7. The van der Waals surface area contributed by atoms with Crippen LogP contribution in [-0.2, 0) is 10.8 Å². The lowest BCUT2D eigenvalue weighted by molar-refractivity contribution is -0.0853. The van der Waals surface area contributed by atoms with Gasteiger partial charge in [-0.05, 0) is 78.5 Å². The summed E-state index contributed by atoms with van der Waals surface area (Å²) >= 11 is 0. The van der Waals surface area contributed by atoms with E-state index in [0.29, 0.717) is 22.7 Å². The quantitative estimate of drug-likeness (QED) is 0.750. The van der Waals surface area contributed by atoms with Crippen molar-refractivity contribution in [1.82, 2.24) is 0 Å². The van der Waals surface area contributed by atoms with Gasteiger partial charge < -0.3 is 5.11 Å². The van der Waals surface area contributed by atoms with Crippen LogP contribution in [0.25, 0.3) is 0 Å². The summed E-state index contributed by atoms with van der Waals surface area (Å²) in [6.07, 6.45) is 6.46. The van der Waals surface area contributed by atoms with Gasteiger partial charge in [-0.1, -0.05) is 40.5 Å². The number of fused-ring (bicyclic) bond motifs is 1. The molecule has 1 aromatic carbocycles. The molecule has 0 radical (unpaired) electrons. The molecule has 2 nitrogen and oxygen atoms in total. The molecule has 0 aromatic heterocycles. The average molecular weight is 363 g/mol. The molecule has 0 saturated heterocycles. The lowest BCUT2D eigenvalue weighted by atomic mass is 9.47. The topological polar surface area (TPSA) is 37.3 Å². The van der Waals surface area contributed by atoms with Crippen molar-refractivity contribution in [3.05, 3.63) is 23.8 Å². The highest BCUT2D eigenvalue weighted by atomic mass is 32.2. The fourth-order valence-electron chi connectivity index (χ4n) is 6.08. The van der Waals surface area contributed by atoms with Crippen molar-refractivity contribution >= 4 is 10.8 Å². The third-order valence-corrected chi connectivity index (χ3v) is 8.77. The van der Waals surface area contributed by atoms with E-state index >= 15 is 0 Å². The van der Waals surface area contributed by atoms with Crippen LogP contribution in [0.1, 0.15) is 65.4 Å². The highest BCUT2D eigenvalue weighted by Crippen LogP contribution is 2.61. The van der Waals surface area contributed by atoms with Crippen molar-refractivity contribution in [3.63, 3.8) is 0 Å². The number of phenols is 1. The Morgan fingerprint density at radius 3 is 2.56 bits per heavy atom. The molecule has 1 N–H and O–H groups in total. The number of phenolic OH excluding ortho intramolecular Hbond substituents is 1. The molecule has 5 unspecified atom stereocenters. The molecular formula is C22H34O2S. The van der Waals surface area contributed by atoms with Crippen LogP contribution in [0, 0.1) is 35.5 Å². The molecule has 5 atom stereocenters. The highest BCUT2D eigenvalue weighted by molar-refractivity contribution is 7.85. The van der Waals surface area contributed by atoms with Gasteiger partial charge in [0.2, 0.25) is 0 Å². The molecular weight excluding hydrogens is 328 g/mol. The SMILES string of the molecule is Cc1cc(O)cc(S(=O)CC2C(C)CCC3C(C)(C)CCCC23C)c1. The lowest BCUT2D eigenvalue weighted by Crippen LogP contribution is -2.52. The Morgan fingerprint density at radius 2 is 1.88 bits per heavy atom. The van der Waals surface area contributed by atoms with Crippen molar-refractivity contribution in [2.24, 2.45) is 28.6 Å². The molecule has 3 rings (SSSR count). The fourth-order valence-corrected chi connectivity index (χ4v) is 7.88. The maximum atomic E-state index is 13.1. The van der Waals surface area contributed by atoms with E-state index in [4.69, 9.17) is 0 Å². The van der Waals surface area contributed by atoms with Crippen LogP contribution in [0.2, 0.25) is 0 Å². The van der Waals surface area contributed by atoms with E-state index < -0.39 is 10.8 Å². The monoisotopic (exact) mass is 362 g/mol. The van der Waals surface area contributed by atoms with Crippen molar-refractivity contribution in [3.8, 4) is 5.75 Å². The minimum absolute atomic E-state index is 0.225. The predicted octanol–water partition coefficient (Wildman–Crippen LogP) is 5.69. The van der Waals surface area contributed by atoms with Crippen molar-refractivity contribution in [1.29, 1.82) is 0 Å².